The Labute approximate surface area is 112 Å². The molecule has 1 aromatic rings. The van der Waals surface area contributed by atoms with Gasteiger partial charge in [0, 0.05) is 12.1 Å². The Morgan fingerprint density at radius 1 is 1.26 bits per heavy atom. The molecule has 2 unspecified atom stereocenters. The van der Waals surface area contributed by atoms with Gasteiger partial charge in [0.25, 0.3) is 5.91 Å². The Bertz CT molecular complexity index is 466. The second kappa shape index (κ2) is 5.48. The molecule has 0 aromatic heterocycles. The van der Waals surface area contributed by atoms with Gasteiger partial charge in [0.05, 0.1) is 5.56 Å². The summed E-state index contributed by atoms with van der Waals surface area (Å²) in [6, 6.07) is 4.91. The van der Waals surface area contributed by atoms with Crippen LogP contribution in [-0.2, 0) is 0 Å². The highest BCUT2D eigenvalue weighted by Gasteiger charge is 2.27. The van der Waals surface area contributed by atoms with Crippen molar-refractivity contribution in [2.24, 2.45) is 0 Å². The van der Waals surface area contributed by atoms with Crippen LogP contribution in [0.15, 0.2) is 18.2 Å². The molecule has 2 atom stereocenters. The average Bonchev–Trinajstić information content (AvgIpc) is 2.37. The molecule has 0 spiro atoms. The number of carbonyl (C=O) groups is 1. The molecule has 0 bridgehead atoms. The molecular formula is C14H20N2O3. The zero-order chi connectivity index (χ0) is 14.0. The first kappa shape index (κ1) is 13.7. The van der Waals surface area contributed by atoms with Crippen molar-refractivity contribution in [2.75, 3.05) is 0 Å². The van der Waals surface area contributed by atoms with Crippen LogP contribution in [0.25, 0.3) is 0 Å². The quantitative estimate of drug-likeness (QED) is 0.714. The molecule has 0 radical (unpaired) electrons. The number of phenols is 2. The third kappa shape index (κ3) is 2.81. The number of para-hydroxylation sites is 1. The smallest absolute Gasteiger partial charge is 0.269 e. The van der Waals surface area contributed by atoms with E-state index < -0.39 is 5.91 Å². The molecule has 19 heavy (non-hydrogen) atoms. The Kier molecular flexibility index (Phi) is 3.95. The normalized spacial score (nSPS) is 24.1. The second-order valence-corrected chi connectivity index (χ2v) is 5.15. The van der Waals surface area contributed by atoms with Crippen molar-refractivity contribution in [1.29, 1.82) is 0 Å². The number of carbonyl (C=O) groups excluding carboxylic acids is 1. The van der Waals surface area contributed by atoms with Gasteiger partial charge in [0.2, 0.25) is 0 Å². The molecule has 1 fully saturated rings. The monoisotopic (exact) mass is 264 g/mol. The lowest BCUT2D eigenvalue weighted by molar-refractivity contribution is 0.0367. The standard InChI is InChI=1S/C14H20N2O3/c1-9-5-3-6-10(2)16(9)15-14(19)11-7-4-8-12(17)13(11)18/h4,7-10,17-18H,3,5-6H2,1-2H3,(H,15,19). The Morgan fingerprint density at radius 3 is 2.53 bits per heavy atom. The van der Waals surface area contributed by atoms with Crippen LogP contribution in [0.3, 0.4) is 0 Å². The maximum Gasteiger partial charge on any atom is 0.269 e. The van der Waals surface area contributed by atoms with Crippen molar-refractivity contribution in [3.63, 3.8) is 0 Å². The van der Waals surface area contributed by atoms with Gasteiger partial charge < -0.3 is 10.2 Å². The van der Waals surface area contributed by atoms with Crippen LogP contribution < -0.4 is 5.43 Å². The number of amides is 1. The lowest BCUT2D eigenvalue weighted by Crippen LogP contribution is -2.54. The van der Waals surface area contributed by atoms with Crippen molar-refractivity contribution < 1.29 is 15.0 Å². The van der Waals surface area contributed by atoms with E-state index in [1.54, 1.807) is 0 Å². The number of hydrogen-bond donors (Lipinski definition) is 3. The van der Waals surface area contributed by atoms with E-state index in [2.05, 4.69) is 19.3 Å². The van der Waals surface area contributed by atoms with Crippen molar-refractivity contribution in [3.8, 4) is 11.5 Å². The molecule has 1 aliphatic heterocycles. The molecule has 5 heteroatoms. The summed E-state index contributed by atoms with van der Waals surface area (Å²) in [5.41, 5.74) is 2.91. The molecule has 1 amide bonds. The topological polar surface area (TPSA) is 72.8 Å². The SMILES string of the molecule is CC1CCCC(C)N1NC(=O)c1cccc(O)c1O. The molecule has 3 N–H and O–H groups in total. The molecule has 2 rings (SSSR count). The zero-order valence-corrected chi connectivity index (χ0v) is 11.3. The highest BCUT2D eigenvalue weighted by atomic mass is 16.3. The molecule has 1 aliphatic rings. The number of hydrazine groups is 1. The first-order valence-electron chi connectivity index (χ1n) is 6.61. The lowest BCUT2D eigenvalue weighted by Gasteiger charge is -2.38. The van der Waals surface area contributed by atoms with E-state index in [0.29, 0.717) is 0 Å². The minimum Gasteiger partial charge on any atom is -0.504 e. The van der Waals surface area contributed by atoms with Gasteiger partial charge in [-0.2, -0.15) is 0 Å². The van der Waals surface area contributed by atoms with E-state index in [1.807, 2.05) is 5.01 Å². The fourth-order valence-corrected chi connectivity index (χ4v) is 2.53. The Balaban J connectivity index is 2.14. The first-order valence-corrected chi connectivity index (χ1v) is 6.61. The number of piperidine rings is 1. The summed E-state index contributed by atoms with van der Waals surface area (Å²) in [4.78, 5) is 12.2. The number of benzene rings is 1. The first-order chi connectivity index (χ1) is 9.00. The van der Waals surface area contributed by atoms with Crippen molar-refractivity contribution in [1.82, 2.24) is 10.4 Å². The predicted molar refractivity (Wildman–Crippen MR) is 71.9 cm³/mol. The molecule has 0 aliphatic carbocycles. The van der Waals surface area contributed by atoms with Gasteiger partial charge in [-0.15, -0.1) is 0 Å². The number of aromatic hydroxyl groups is 2. The van der Waals surface area contributed by atoms with E-state index in [4.69, 9.17) is 0 Å². The van der Waals surface area contributed by atoms with Crippen molar-refractivity contribution in [2.45, 2.75) is 45.2 Å². The van der Waals surface area contributed by atoms with Crippen LogP contribution in [0.5, 0.6) is 11.5 Å². The van der Waals surface area contributed by atoms with Crippen LogP contribution in [0.1, 0.15) is 43.5 Å². The molecule has 1 heterocycles. The summed E-state index contributed by atoms with van der Waals surface area (Å²) in [6.45, 7) is 4.14. The molecule has 1 saturated heterocycles. The minimum atomic E-state index is -0.394. The van der Waals surface area contributed by atoms with Gasteiger partial charge in [-0.25, -0.2) is 5.01 Å². The summed E-state index contributed by atoms with van der Waals surface area (Å²) < 4.78 is 0. The van der Waals surface area contributed by atoms with E-state index in [-0.39, 0.29) is 29.1 Å². The third-order valence-corrected chi connectivity index (χ3v) is 3.68. The maximum atomic E-state index is 12.2. The molecule has 104 valence electrons. The minimum absolute atomic E-state index is 0.0879. The molecular weight excluding hydrogens is 244 g/mol. The van der Waals surface area contributed by atoms with Gasteiger partial charge in [-0.1, -0.05) is 12.5 Å². The van der Waals surface area contributed by atoms with Crippen LogP contribution in [0, 0.1) is 0 Å². The lowest BCUT2D eigenvalue weighted by atomic mass is 10.00. The average molecular weight is 264 g/mol. The summed E-state index contributed by atoms with van der Waals surface area (Å²) in [5.74, 6) is -1.06. The van der Waals surface area contributed by atoms with E-state index in [9.17, 15) is 15.0 Å². The molecule has 5 nitrogen and oxygen atoms in total. The maximum absolute atomic E-state index is 12.2. The van der Waals surface area contributed by atoms with Gasteiger partial charge >= 0.3 is 0 Å². The van der Waals surface area contributed by atoms with Crippen molar-refractivity contribution in [3.05, 3.63) is 23.8 Å². The number of hydrogen-bond acceptors (Lipinski definition) is 4. The predicted octanol–water partition coefficient (Wildman–Crippen LogP) is 2.01. The number of rotatable bonds is 2. The summed E-state index contributed by atoms with van der Waals surface area (Å²) in [7, 11) is 0. The number of nitrogens with zero attached hydrogens (tertiary/aromatic N) is 1. The van der Waals surface area contributed by atoms with Crippen molar-refractivity contribution >= 4 is 5.91 Å². The summed E-state index contributed by atoms with van der Waals surface area (Å²) in [5, 5.41) is 21.0. The Hall–Kier alpha value is -1.75. The summed E-state index contributed by atoms with van der Waals surface area (Å²) >= 11 is 0. The highest BCUT2D eigenvalue weighted by molar-refractivity contribution is 5.97. The summed E-state index contributed by atoms with van der Waals surface area (Å²) in [6.07, 6.45) is 3.24. The van der Waals surface area contributed by atoms with Crippen LogP contribution in [-0.4, -0.2) is 33.2 Å². The third-order valence-electron chi connectivity index (χ3n) is 3.68. The van der Waals surface area contributed by atoms with Gasteiger partial charge in [0.1, 0.15) is 0 Å². The number of phenolic OH excluding ortho intramolecular Hbond substituents is 2. The van der Waals surface area contributed by atoms with E-state index in [1.165, 1.54) is 18.2 Å². The zero-order valence-electron chi connectivity index (χ0n) is 11.3. The fraction of sp³-hybridized carbons (Fsp3) is 0.500. The molecule has 0 saturated carbocycles. The Morgan fingerprint density at radius 2 is 1.89 bits per heavy atom. The number of nitrogens with one attached hydrogen (secondary N) is 1. The largest absolute Gasteiger partial charge is 0.504 e. The van der Waals surface area contributed by atoms with Gasteiger partial charge in [0.15, 0.2) is 11.5 Å². The highest BCUT2D eigenvalue weighted by Crippen LogP contribution is 2.28. The van der Waals surface area contributed by atoms with Crippen LogP contribution >= 0.6 is 0 Å². The van der Waals surface area contributed by atoms with Gasteiger partial charge in [-0.3, -0.25) is 10.2 Å². The van der Waals surface area contributed by atoms with E-state index in [0.717, 1.165) is 19.3 Å². The fourth-order valence-electron chi connectivity index (χ4n) is 2.53. The van der Waals surface area contributed by atoms with Crippen LogP contribution in [0.2, 0.25) is 0 Å². The van der Waals surface area contributed by atoms with Crippen LogP contribution in [0.4, 0.5) is 0 Å². The van der Waals surface area contributed by atoms with E-state index >= 15 is 0 Å². The molecule has 1 aromatic carbocycles. The second-order valence-electron chi connectivity index (χ2n) is 5.15. The van der Waals surface area contributed by atoms with Gasteiger partial charge in [-0.05, 0) is 38.8 Å².